The van der Waals surface area contributed by atoms with Crippen molar-refractivity contribution in [3.63, 3.8) is 0 Å². The molecule has 1 atom stereocenters. The number of likely N-dealkylation sites (N-methyl/N-ethyl adjacent to an activating group) is 1. The first-order valence-corrected chi connectivity index (χ1v) is 8.61. The minimum Gasteiger partial charge on any atom is -0.480 e. The Kier molecular flexibility index (Phi) is 4.85. The zero-order valence-corrected chi connectivity index (χ0v) is 14.0. The topological polar surface area (TPSA) is 29.5 Å². The van der Waals surface area contributed by atoms with Crippen LogP contribution in [0.2, 0.25) is 0 Å². The molecule has 0 saturated heterocycles. The number of carbonyl (C=O) groups excluding carboxylic acids is 1. The minimum absolute atomic E-state index is 0.104. The van der Waals surface area contributed by atoms with Gasteiger partial charge in [-0.1, -0.05) is 56.2 Å². The average Bonchev–Trinajstić information content (AvgIpc) is 3.13. The lowest BCUT2D eigenvalue weighted by molar-refractivity contribution is -0.139. The fourth-order valence-electron chi connectivity index (χ4n) is 3.46. The highest BCUT2D eigenvalue weighted by Crippen LogP contribution is 2.28. The Hall–Kier alpha value is -2.03. The molecule has 23 heavy (non-hydrogen) atoms. The second kappa shape index (κ2) is 7.03. The summed E-state index contributed by atoms with van der Waals surface area (Å²) < 4.78 is 6.13. The van der Waals surface area contributed by atoms with Crippen LogP contribution in [0.25, 0.3) is 10.8 Å². The lowest BCUT2D eigenvalue weighted by Gasteiger charge is -2.28. The van der Waals surface area contributed by atoms with Gasteiger partial charge in [0, 0.05) is 18.5 Å². The number of amides is 1. The van der Waals surface area contributed by atoms with Crippen molar-refractivity contribution < 1.29 is 9.53 Å². The molecule has 122 valence electrons. The van der Waals surface area contributed by atoms with Gasteiger partial charge in [0.15, 0.2) is 6.10 Å². The van der Waals surface area contributed by atoms with Gasteiger partial charge in [0.1, 0.15) is 5.75 Å². The summed E-state index contributed by atoms with van der Waals surface area (Å²) >= 11 is 0. The molecule has 3 rings (SSSR count). The maximum absolute atomic E-state index is 12.8. The highest BCUT2D eigenvalue weighted by molar-refractivity contribution is 5.89. The highest BCUT2D eigenvalue weighted by Gasteiger charge is 2.29. The van der Waals surface area contributed by atoms with Crippen molar-refractivity contribution in [2.75, 3.05) is 7.05 Å². The van der Waals surface area contributed by atoms with Crippen LogP contribution in [-0.2, 0) is 4.79 Å². The molecule has 0 heterocycles. The predicted molar refractivity (Wildman–Crippen MR) is 93.7 cm³/mol. The standard InChI is InChI=1S/C20H25NO2/c1-3-18(20(22)21(2)16-11-5-6-12-16)23-19-14-8-10-15-9-4-7-13-17(15)19/h4,7-10,13-14,16,18H,3,5-6,11-12H2,1-2H3/t18-/m0/s1. The summed E-state index contributed by atoms with van der Waals surface area (Å²) in [6.07, 6.45) is 4.96. The van der Waals surface area contributed by atoms with Crippen LogP contribution in [-0.4, -0.2) is 30.0 Å². The van der Waals surface area contributed by atoms with Crippen LogP contribution in [0, 0.1) is 0 Å². The van der Waals surface area contributed by atoms with Gasteiger partial charge in [-0.2, -0.15) is 0 Å². The van der Waals surface area contributed by atoms with Gasteiger partial charge in [-0.15, -0.1) is 0 Å². The molecule has 0 spiro atoms. The fraction of sp³-hybridized carbons (Fsp3) is 0.450. The van der Waals surface area contributed by atoms with Crippen molar-refractivity contribution in [3.05, 3.63) is 42.5 Å². The van der Waals surface area contributed by atoms with Crippen LogP contribution in [0.3, 0.4) is 0 Å². The van der Waals surface area contributed by atoms with E-state index < -0.39 is 6.10 Å². The summed E-state index contributed by atoms with van der Waals surface area (Å²) in [5, 5.41) is 2.20. The summed E-state index contributed by atoms with van der Waals surface area (Å²) in [4.78, 5) is 14.7. The van der Waals surface area contributed by atoms with Crippen molar-refractivity contribution in [1.29, 1.82) is 0 Å². The van der Waals surface area contributed by atoms with Gasteiger partial charge in [-0.05, 0) is 30.7 Å². The monoisotopic (exact) mass is 311 g/mol. The predicted octanol–water partition coefficient (Wildman–Crippen LogP) is 4.40. The molecule has 0 unspecified atom stereocenters. The number of fused-ring (bicyclic) bond motifs is 1. The van der Waals surface area contributed by atoms with Crippen LogP contribution in [0.1, 0.15) is 39.0 Å². The second-order valence-corrected chi connectivity index (χ2v) is 6.38. The molecule has 3 heteroatoms. The Labute approximate surface area is 138 Å². The third-order valence-corrected chi connectivity index (χ3v) is 4.89. The summed E-state index contributed by atoms with van der Waals surface area (Å²) in [5.41, 5.74) is 0. The molecule has 1 amide bonds. The van der Waals surface area contributed by atoms with Gasteiger partial charge >= 0.3 is 0 Å². The van der Waals surface area contributed by atoms with Gasteiger partial charge in [-0.3, -0.25) is 4.79 Å². The smallest absolute Gasteiger partial charge is 0.263 e. The lowest BCUT2D eigenvalue weighted by atomic mass is 10.1. The lowest BCUT2D eigenvalue weighted by Crippen LogP contribution is -2.44. The van der Waals surface area contributed by atoms with Crippen LogP contribution >= 0.6 is 0 Å². The molecule has 1 fully saturated rings. The number of carbonyl (C=O) groups is 1. The van der Waals surface area contributed by atoms with Gasteiger partial charge < -0.3 is 9.64 Å². The quantitative estimate of drug-likeness (QED) is 0.819. The molecular formula is C20H25NO2. The molecule has 3 nitrogen and oxygen atoms in total. The van der Waals surface area contributed by atoms with E-state index in [1.807, 2.05) is 49.2 Å². The largest absolute Gasteiger partial charge is 0.480 e. The first kappa shape index (κ1) is 15.9. The van der Waals surface area contributed by atoms with E-state index in [0.717, 1.165) is 29.4 Å². The summed E-state index contributed by atoms with van der Waals surface area (Å²) in [6.45, 7) is 2.01. The molecule has 2 aromatic carbocycles. The molecular weight excluding hydrogens is 286 g/mol. The molecule has 1 saturated carbocycles. The maximum atomic E-state index is 12.8. The van der Waals surface area contributed by atoms with E-state index in [4.69, 9.17) is 4.74 Å². The Morgan fingerprint density at radius 2 is 1.87 bits per heavy atom. The van der Waals surface area contributed by atoms with E-state index in [0.29, 0.717) is 12.5 Å². The van der Waals surface area contributed by atoms with Gasteiger partial charge in [0.2, 0.25) is 0 Å². The van der Waals surface area contributed by atoms with Gasteiger partial charge in [0.05, 0.1) is 0 Å². The minimum atomic E-state index is -0.411. The number of hydrogen-bond donors (Lipinski definition) is 0. The molecule has 1 aliphatic carbocycles. The zero-order chi connectivity index (χ0) is 16.2. The highest BCUT2D eigenvalue weighted by atomic mass is 16.5. The SMILES string of the molecule is CC[C@H](Oc1cccc2ccccc12)C(=O)N(C)C1CCCC1. The number of ether oxygens (including phenoxy) is 1. The van der Waals surface area contributed by atoms with E-state index in [-0.39, 0.29) is 5.91 Å². The van der Waals surface area contributed by atoms with Crippen LogP contribution in [0.4, 0.5) is 0 Å². The fourth-order valence-corrected chi connectivity index (χ4v) is 3.46. The van der Waals surface area contributed by atoms with Gasteiger partial charge in [0.25, 0.3) is 5.91 Å². The van der Waals surface area contributed by atoms with Gasteiger partial charge in [-0.25, -0.2) is 0 Å². The molecule has 0 radical (unpaired) electrons. The van der Waals surface area contributed by atoms with E-state index in [9.17, 15) is 4.79 Å². The van der Waals surface area contributed by atoms with Crippen molar-refractivity contribution in [1.82, 2.24) is 4.90 Å². The van der Waals surface area contributed by atoms with Crippen molar-refractivity contribution in [2.45, 2.75) is 51.2 Å². The third kappa shape index (κ3) is 3.34. The molecule has 0 aliphatic heterocycles. The Balaban J connectivity index is 1.79. The van der Waals surface area contributed by atoms with E-state index in [1.54, 1.807) is 0 Å². The van der Waals surface area contributed by atoms with Crippen LogP contribution in [0.5, 0.6) is 5.75 Å². The molecule has 1 aliphatic rings. The summed E-state index contributed by atoms with van der Waals surface area (Å²) in [6, 6.07) is 14.5. The number of rotatable bonds is 5. The summed E-state index contributed by atoms with van der Waals surface area (Å²) in [7, 11) is 1.92. The van der Waals surface area contributed by atoms with Crippen LogP contribution < -0.4 is 4.74 Å². The number of nitrogens with zero attached hydrogens (tertiary/aromatic N) is 1. The zero-order valence-electron chi connectivity index (χ0n) is 14.0. The van der Waals surface area contributed by atoms with Crippen molar-refractivity contribution >= 4 is 16.7 Å². The Bertz CT molecular complexity index is 671. The Morgan fingerprint density at radius 3 is 2.61 bits per heavy atom. The van der Waals surface area contributed by atoms with E-state index in [2.05, 4.69) is 12.1 Å². The van der Waals surface area contributed by atoms with Crippen molar-refractivity contribution in [3.8, 4) is 5.75 Å². The molecule has 2 aromatic rings. The second-order valence-electron chi connectivity index (χ2n) is 6.38. The molecule has 0 N–H and O–H groups in total. The maximum Gasteiger partial charge on any atom is 0.263 e. The third-order valence-electron chi connectivity index (χ3n) is 4.89. The van der Waals surface area contributed by atoms with Crippen LogP contribution in [0.15, 0.2) is 42.5 Å². The van der Waals surface area contributed by atoms with Crippen molar-refractivity contribution in [2.24, 2.45) is 0 Å². The summed E-state index contributed by atoms with van der Waals surface area (Å²) in [5.74, 6) is 0.899. The first-order valence-electron chi connectivity index (χ1n) is 8.61. The normalized spacial score (nSPS) is 16.4. The molecule has 0 bridgehead atoms. The number of benzene rings is 2. The first-order chi connectivity index (χ1) is 11.2. The number of hydrogen-bond acceptors (Lipinski definition) is 2. The average molecular weight is 311 g/mol. The van der Waals surface area contributed by atoms with E-state index in [1.165, 1.54) is 12.8 Å². The Morgan fingerprint density at radius 1 is 1.17 bits per heavy atom. The van der Waals surface area contributed by atoms with E-state index >= 15 is 0 Å². The molecule has 0 aromatic heterocycles.